The number of amides is 1. The van der Waals surface area contributed by atoms with Gasteiger partial charge in [0.2, 0.25) is 0 Å². The van der Waals surface area contributed by atoms with Crippen LogP contribution in [-0.2, 0) is 16.8 Å². The number of H-pyrrole nitrogens is 1. The molecule has 5 nitrogen and oxygen atoms in total. The van der Waals surface area contributed by atoms with Crippen LogP contribution in [0.1, 0.15) is 23.7 Å². The van der Waals surface area contributed by atoms with E-state index in [4.69, 9.17) is 11.6 Å². The molecule has 0 bridgehead atoms. The van der Waals surface area contributed by atoms with Crippen molar-refractivity contribution in [3.8, 4) is 5.75 Å². The first kappa shape index (κ1) is 14.8. The molecule has 1 amide bonds. The Balaban J connectivity index is 1.87. The Labute approximate surface area is 149 Å². The zero-order chi connectivity index (χ0) is 17.3. The number of aromatic amines is 1. The summed E-state index contributed by atoms with van der Waals surface area (Å²) in [7, 11) is 0. The number of phenols is 1. The van der Waals surface area contributed by atoms with Crippen LogP contribution in [0.2, 0.25) is 5.02 Å². The van der Waals surface area contributed by atoms with Crippen molar-refractivity contribution in [3.05, 3.63) is 58.2 Å². The van der Waals surface area contributed by atoms with Crippen molar-refractivity contribution in [1.82, 2.24) is 10.3 Å². The van der Waals surface area contributed by atoms with Crippen LogP contribution in [0, 0.1) is 0 Å². The fourth-order valence-corrected chi connectivity index (χ4v) is 4.41. The van der Waals surface area contributed by atoms with Gasteiger partial charge in [0.1, 0.15) is 5.75 Å². The largest absolute Gasteiger partial charge is 0.508 e. The van der Waals surface area contributed by atoms with Crippen molar-refractivity contribution in [3.63, 3.8) is 0 Å². The zero-order valence-corrected chi connectivity index (χ0v) is 14.2. The van der Waals surface area contributed by atoms with E-state index in [9.17, 15) is 9.90 Å². The number of fused-ring (bicyclic) bond motifs is 6. The topological polar surface area (TPSA) is 77.2 Å². The number of phenolic OH excluding ortho intramolecular Hbond substituents is 1. The van der Waals surface area contributed by atoms with Gasteiger partial charge >= 0.3 is 0 Å². The Hall–Kier alpha value is -2.50. The number of hydrogen-bond donors (Lipinski definition) is 4. The number of anilines is 1. The summed E-state index contributed by atoms with van der Waals surface area (Å²) in [5.41, 5.74) is 3.34. The maximum absolute atomic E-state index is 13.1. The summed E-state index contributed by atoms with van der Waals surface area (Å²) >= 11 is 6.23. The van der Waals surface area contributed by atoms with Gasteiger partial charge in [-0.15, -0.1) is 0 Å². The molecule has 2 aromatic carbocycles. The molecule has 126 valence electrons. The van der Waals surface area contributed by atoms with Crippen molar-refractivity contribution in [1.29, 1.82) is 0 Å². The van der Waals surface area contributed by atoms with Crippen LogP contribution in [0.3, 0.4) is 0 Å². The molecule has 2 atom stereocenters. The van der Waals surface area contributed by atoms with Gasteiger partial charge in [0, 0.05) is 39.3 Å². The van der Waals surface area contributed by atoms with E-state index < -0.39 is 5.54 Å². The maximum Gasteiger partial charge on any atom is 0.255 e. The summed E-state index contributed by atoms with van der Waals surface area (Å²) in [6.07, 6.45) is 0.797. The molecular formula is C19H16ClN3O2. The third-order valence-corrected chi connectivity index (χ3v) is 5.45. The second-order valence-corrected chi connectivity index (χ2v) is 7.29. The lowest BCUT2D eigenvalue weighted by Gasteiger charge is -2.37. The van der Waals surface area contributed by atoms with Crippen LogP contribution in [0.25, 0.3) is 10.9 Å². The first-order valence-corrected chi connectivity index (χ1v) is 8.60. The molecule has 3 heterocycles. The lowest BCUT2D eigenvalue weighted by Crippen LogP contribution is -2.56. The molecule has 1 aromatic heterocycles. The molecule has 0 unspecified atom stereocenters. The highest BCUT2D eigenvalue weighted by Crippen LogP contribution is 2.47. The van der Waals surface area contributed by atoms with Crippen LogP contribution < -0.4 is 10.6 Å². The van der Waals surface area contributed by atoms with Crippen LogP contribution in [0.15, 0.2) is 36.4 Å². The number of aromatic hydroxyl groups is 1. The van der Waals surface area contributed by atoms with Crippen molar-refractivity contribution < 1.29 is 9.90 Å². The van der Waals surface area contributed by atoms with Crippen LogP contribution in [0.5, 0.6) is 5.75 Å². The fraction of sp³-hybridized carbons (Fsp3) is 0.211. The van der Waals surface area contributed by atoms with Crippen LogP contribution >= 0.6 is 11.6 Å². The Morgan fingerprint density at radius 2 is 2.08 bits per heavy atom. The van der Waals surface area contributed by atoms with Gasteiger partial charge < -0.3 is 15.4 Å². The molecule has 6 heteroatoms. The number of aromatic nitrogens is 1. The van der Waals surface area contributed by atoms with Gasteiger partial charge in [-0.05, 0) is 49.2 Å². The minimum atomic E-state index is -0.998. The van der Waals surface area contributed by atoms with Crippen molar-refractivity contribution in [2.24, 2.45) is 0 Å². The standard InChI is InChI=1S/C19H16ClN3O2/c1-9-6-13-12-4-3-11(24)8-16(12)21-17(13)19(23-9)14-7-10(20)2-5-15(14)22-18(19)25/h2-5,7-9,21,23-24H,6H2,1H3,(H,22,25)/t9-,19+/m1/s1. The highest BCUT2D eigenvalue weighted by molar-refractivity contribution is 6.31. The second-order valence-electron chi connectivity index (χ2n) is 6.85. The Morgan fingerprint density at radius 1 is 1.24 bits per heavy atom. The summed E-state index contributed by atoms with van der Waals surface area (Å²) in [5, 5.41) is 17.9. The Morgan fingerprint density at radius 3 is 2.92 bits per heavy atom. The molecule has 0 saturated heterocycles. The average Bonchev–Trinajstić information content (AvgIpc) is 3.04. The summed E-state index contributed by atoms with van der Waals surface area (Å²) < 4.78 is 0. The highest BCUT2D eigenvalue weighted by Gasteiger charge is 2.53. The average molecular weight is 354 g/mol. The monoisotopic (exact) mass is 353 g/mol. The molecule has 2 aliphatic rings. The van der Waals surface area contributed by atoms with Crippen molar-refractivity contribution in [2.45, 2.75) is 24.9 Å². The number of hydrogen-bond acceptors (Lipinski definition) is 3. The van der Waals surface area contributed by atoms with Gasteiger partial charge in [0.05, 0.1) is 5.69 Å². The van der Waals surface area contributed by atoms with E-state index in [1.165, 1.54) is 0 Å². The minimum Gasteiger partial charge on any atom is -0.508 e. The number of carbonyl (C=O) groups is 1. The van der Waals surface area contributed by atoms with E-state index in [1.54, 1.807) is 18.2 Å². The summed E-state index contributed by atoms with van der Waals surface area (Å²) in [5.74, 6) is 0.0776. The van der Waals surface area contributed by atoms with Gasteiger partial charge in [0.15, 0.2) is 5.54 Å². The molecule has 5 rings (SSSR count). The highest BCUT2D eigenvalue weighted by atomic mass is 35.5. The molecule has 25 heavy (non-hydrogen) atoms. The lowest BCUT2D eigenvalue weighted by atomic mass is 9.80. The van der Waals surface area contributed by atoms with Crippen LogP contribution in [-0.4, -0.2) is 22.0 Å². The molecule has 0 fully saturated rings. The summed E-state index contributed by atoms with van der Waals surface area (Å²) in [4.78, 5) is 16.5. The number of nitrogens with one attached hydrogen (secondary N) is 3. The van der Waals surface area contributed by atoms with E-state index in [0.29, 0.717) is 5.02 Å². The predicted molar refractivity (Wildman–Crippen MR) is 97.1 cm³/mol. The third kappa shape index (κ3) is 1.85. The van der Waals surface area contributed by atoms with E-state index in [-0.39, 0.29) is 17.7 Å². The molecule has 4 N–H and O–H groups in total. The molecule has 2 aliphatic heterocycles. The first-order valence-electron chi connectivity index (χ1n) is 8.22. The Bertz CT molecular complexity index is 1060. The second kappa shape index (κ2) is 4.77. The van der Waals surface area contributed by atoms with Gasteiger partial charge in [0.25, 0.3) is 5.91 Å². The number of carbonyl (C=O) groups excluding carboxylic acids is 1. The number of benzene rings is 2. The number of rotatable bonds is 0. The molecule has 0 aliphatic carbocycles. The minimum absolute atomic E-state index is 0.107. The Kier molecular flexibility index (Phi) is 2.83. The van der Waals surface area contributed by atoms with Crippen LogP contribution in [0.4, 0.5) is 5.69 Å². The number of halogens is 1. The molecular weight excluding hydrogens is 338 g/mol. The fourth-order valence-electron chi connectivity index (χ4n) is 4.24. The third-order valence-electron chi connectivity index (χ3n) is 5.21. The van der Waals surface area contributed by atoms with Crippen molar-refractivity contribution >= 4 is 34.1 Å². The van der Waals surface area contributed by atoms with E-state index in [1.807, 2.05) is 18.2 Å². The van der Waals surface area contributed by atoms with Gasteiger partial charge in [-0.25, -0.2) is 0 Å². The maximum atomic E-state index is 13.1. The lowest BCUT2D eigenvalue weighted by molar-refractivity contribution is -0.121. The molecule has 0 radical (unpaired) electrons. The SMILES string of the molecule is C[C@@H]1Cc2c([nH]c3cc(O)ccc23)[C@]2(N1)C(=O)Nc1ccc(Cl)cc12. The molecule has 0 saturated carbocycles. The van der Waals surface area contributed by atoms with Gasteiger partial charge in [-0.3, -0.25) is 10.1 Å². The predicted octanol–water partition coefficient (Wildman–Crippen LogP) is 3.26. The van der Waals surface area contributed by atoms with E-state index in [0.717, 1.165) is 39.8 Å². The zero-order valence-electron chi connectivity index (χ0n) is 13.5. The van der Waals surface area contributed by atoms with E-state index >= 15 is 0 Å². The first-order chi connectivity index (χ1) is 12.0. The molecule has 3 aromatic rings. The quantitative estimate of drug-likeness (QED) is 0.501. The summed E-state index contributed by atoms with van der Waals surface area (Å²) in [6.45, 7) is 2.07. The van der Waals surface area contributed by atoms with Gasteiger partial charge in [-0.2, -0.15) is 0 Å². The summed E-state index contributed by atoms with van der Waals surface area (Å²) in [6, 6.07) is 10.8. The van der Waals surface area contributed by atoms with E-state index in [2.05, 4.69) is 22.5 Å². The molecule has 1 spiro atoms. The van der Waals surface area contributed by atoms with Gasteiger partial charge in [-0.1, -0.05) is 11.6 Å². The van der Waals surface area contributed by atoms with Crippen molar-refractivity contribution in [2.75, 3.05) is 5.32 Å². The smallest absolute Gasteiger partial charge is 0.255 e. The normalized spacial score (nSPS) is 24.4.